The molecule has 0 amide bonds. The lowest BCUT2D eigenvalue weighted by molar-refractivity contribution is -0.138. The van der Waals surface area contributed by atoms with Crippen LogP contribution < -0.4 is 0 Å². The van der Waals surface area contributed by atoms with Crippen LogP contribution in [-0.2, 0) is 19.1 Å². The van der Waals surface area contributed by atoms with Crippen molar-refractivity contribution in [3.05, 3.63) is 66.8 Å². The summed E-state index contributed by atoms with van der Waals surface area (Å²) in [6.45, 7) is 11.6. The Bertz CT molecular complexity index is 544. The highest BCUT2D eigenvalue weighted by Crippen LogP contribution is 2.05. The van der Waals surface area contributed by atoms with E-state index in [-0.39, 0.29) is 11.9 Å². The molecule has 0 radical (unpaired) electrons. The van der Waals surface area contributed by atoms with Crippen LogP contribution in [0.3, 0.4) is 0 Å². The minimum Gasteiger partial charge on any atom is -0.463 e. The molecular formula is C20H26O4. The number of carbonyl (C=O) groups is 2. The zero-order valence-electron chi connectivity index (χ0n) is 14.5. The number of carbonyl (C=O) groups excluding carboxylic acids is 2. The molecule has 4 heteroatoms. The first-order valence-corrected chi connectivity index (χ1v) is 7.93. The van der Waals surface area contributed by atoms with E-state index < -0.39 is 0 Å². The van der Waals surface area contributed by atoms with Crippen LogP contribution in [0.25, 0.3) is 6.08 Å². The molecule has 0 heterocycles. The molecule has 0 fully saturated rings. The van der Waals surface area contributed by atoms with Gasteiger partial charge in [-0.3, -0.25) is 0 Å². The van der Waals surface area contributed by atoms with E-state index >= 15 is 0 Å². The van der Waals surface area contributed by atoms with E-state index in [0.717, 1.165) is 18.4 Å². The summed E-state index contributed by atoms with van der Waals surface area (Å²) < 4.78 is 9.48. The Morgan fingerprint density at radius 2 is 1.79 bits per heavy atom. The number of unbranched alkanes of at least 4 members (excludes halogenated alkanes) is 1. The molecule has 4 nitrogen and oxygen atoms in total. The third-order valence-electron chi connectivity index (χ3n) is 2.72. The van der Waals surface area contributed by atoms with Gasteiger partial charge in [0.2, 0.25) is 0 Å². The molecule has 0 aliphatic carbocycles. The molecule has 0 aliphatic rings. The van der Waals surface area contributed by atoms with E-state index in [1.807, 2.05) is 43.3 Å². The average molecular weight is 330 g/mol. The molecule has 0 unspecified atom stereocenters. The van der Waals surface area contributed by atoms with Gasteiger partial charge in [-0.25, -0.2) is 9.59 Å². The molecule has 1 rings (SSSR count). The molecule has 1 aromatic rings. The topological polar surface area (TPSA) is 52.6 Å². The average Bonchev–Trinajstić information content (AvgIpc) is 2.61. The molecule has 1 aromatic carbocycles. The highest BCUT2D eigenvalue weighted by molar-refractivity contribution is 5.92. The lowest BCUT2D eigenvalue weighted by Crippen LogP contribution is -2.04. The normalized spacial score (nSPS) is 9.58. The predicted molar refractivity (Wildman–Crippen MR) is 97.3 cm³/mol. The molecule has 0 saturated heterocycles. The van der Waals surface area contributed by atoms with Crippen LogP contribution in [0.5, 0.6) is 0 Å². The smallest absolute Gasteiger partial charge is 0.337 e. The van der Waals surface area contributed by atoms with Crippen molar-refractivity contribution >= 4 is 18.0 Å². The summed E-state index contributed by atoms with van der Waals surface area (Å²) in [5, 5.41) is 0. The van der Waals surface area contributed by atoms with Gasteiger partial charge in [-0.1, -0.05) is 62.9 Å². The molecular weight excluding hydrogens is 304 g/mol. The van der Waals surface area contributed by atoms with Crippen LogP contribution in [0.4, 0.5) is 0 Å². The standard InChI is InChI=1S/C13H14O2.C7H12O2/c1-3-15-13(14)11(2)9-10-12-7-5-4-6-8-12;1-3-5-6-9-7(8)4-2/h4-10H,2-3H2,1H3;4H,2-3,5-6H2,1H3. The van der Waals surface area contributed by atoms with E-state index in [4.69, 9.17) is 4.74 Å². The highest BCUT2D eigenvalue weighted by Gasteiger charge is 2.02. The zero-order chi connectivity index (χ0) is 18.2. The monoisotopic (exact) mass is 330 g/mol. The largest absolute Gasteiger partial charge is 0.463 e. The van der Waals surface area contributed by atoms with Gasteiger partial charge in [-0.05, 0) is 25.0 Å². The summed E-state index contributed by atoms with van der Waals surface area (Å²) >= 11 is 0. The molecule has 0 N–H and O–H groups in total. The van der Waals surface area contributed by atoms with Gasteiger partial charge in [-0.15, -0.1) is 0 Å². The Labute approximate surface area is 144 Å². The van der Waals surface area contributed by atoms with E-state index in [1.54, 1.807) is 13.0 Å². The van der Waals surface area contributed by atoms with Crippen LogP contribution >= 0.6 is 0 Å². The maximum absolute atomic E-state index is 11.2. The molecule has 0 aliphatic heterocycles. The SMILES string of the molecule is C=C(C=Cc1ccccc1)C(=O)OCC.C=CC(=O)OCCCC. The van der Waals surface area contributed by atoms with Crippen LogP contribution in [-0.4, -0.2) is 25.2 Å². The maximum Gasteiger partial charge on any atom is 0.337 e. The van der Waals surface area contributed by atoms with Gasteiger partial charge in [0.05, 0.1) is 18.8 Å². The molecule has 0 spiro atoms. The fourth-order valence-electron chi connectivity index (χ4n) is 1.43. The van der Waals surface area contributed by atoms with Crippen molar-refractivity contribution < 1.29 is 19.1 Å². The fourth-order valence-corrected chi connectivity index (χ4v) is 1.43. The third-order valence-corrected chi connectivity index (χ3v) is 2.72. The lowest BCUT2D eigenvalue weighted by Gasteiger charge is -1.99. The van der Waals surface area contributed by atoms with E-state index in [1.165, 1.54) is 6.08 Å². The molecule has 0 atom stereocenters. The van der Waals surface area contributed by atoms with Crippen LogP contribution in [0.2, 0.25) is 0 Å². The number of rotatable bonds is 8. The second-order valence-corrected chi connectivity index (χ2v) is 4.71. The summed E-state index contributed by atoms with van der Waals surface area (Å²) in [5.41, 5.74) is 1.39. The van der Waals surface area contributed by atoms with Crippen molar-refractivity contribution in [2.24, 2.45) is 0 Å². The Kier molecular flexibility index (Phi) is 12.5. The third kappa shape index (κ3) is 11.0. The van der Waals surface area contributed by atoms with Crippen LogP contribution in [0.1, 0.15) is 32.3 Å². The number of ether oxygens (including phenoxy) is 2. The fraction of sp³-hybridized carbons (Fsp3) is 0.300. The maximum atomic E-state index is 11.2. The summed E-state index contributed by atoms with van der Waals surface area (Å²) in [6, 6.07) is 9.72. The summed E-state index contributed by atoms with van der Waals surface area (Å²) in [6.07, 6.45) is 6.65. The minimum absolute atomic E-state index is 0.330. The van der Waals surface area contributed by atoms with Crippen molar-refractivity contribution in [1.82, 2.24) is 0 Å². The van der Waals surface area contributed by atoms with Gasteiger partial charge in [0.15, 0.2) is 0 Å². The first-order chi connectivity index (χ1) is 11.5. The zero-order valence-corrected chi connectivity index (χ0v) is 14.5. The van der Waals surface area contributed by atoms with Crippen molar-refractivity contribution in [3.63, 3.8) is 0 Å². The minimum atomic E-state index is -0.371. The first-order valence-electron chi connectivity index (χ1n) is 7.93. The Balaban J connectivity index is 0.000000506. The molecule has 24 heavy (non-hydrogen) atoms. The van der Waals surface area contributed by atoms with Crippen LogP contribution in [0.15, 0.2) is 61.2 Å². The van der Waals surface area contributed by atoms with Crippen LogP contribution in [0, 0.1) is 0 Å². The second kappa shape index (κ2) is 14.0. The van der Waals surface area contributed by atoms with Crippen molar-refractivity contribution in [2.75, 3.05) is 13.2 Å². The van der Waals surface area contributed by atoms with E-state index in [2.05, 4.69) is 17.9 Å². The number of hydrogen-bond acceptors (Lipinski definition) is 4. The van der Waals surface area contributed by atoms with Crippen molar-refractivity contribution in [1.29, 1.82) is 0 Å². The second-order valence-electron chi connectivity index (χ2n) is 4.71. The molecule has 0 saturated carbocycles. The molecule has 130 valence electrons. The van der Waals surface area contributed by atoms with Gasteiger partial charge >= 0.3 is 11.9 Å². The summed E-state index contributed by atoms with van der Waals surface area (Å²) in [5.74, 6) is -0.701. The first kappa shape index (κ1) is 21.4. The molecule has 0 bridgehead atoms. The molecule has 0 aromatic heterocycles. The summed E-state index contributed by atoms with van der Waals surface area (Å²) in [4.78, 5) is 21.5. The van der Waals surface area contributed by atoms with Gasteiger partial charge < -0.3 is 9.47 Å². The Hall–Kier alpha value is -2.62. The van der Waals surface area contributed by atoms with Crippen molar-refractivity contribution in [3.8, 4) is 0 Å². The van der Waals surface area contributed by atoms with Gasteiger partial charge in [0.25, 0.3) is 0 Å². The lowest BCUT2D eigenvalue weighted by atomic mass is 10.2. The number of benzene rings is 1. The Morgan fingerprint density at radius 1 is 1.12 bits per heavy atom. The van der Waals surface area contributed by atoms with Gasteiger partial charge in [0.1, 0.15) is 0 Å². The number of esters is 2. The highest BCUT2D eigenvalue weighted by atomic mass is 16.5. The quantitative estimate of drug-likeness (QED) is 0.308. The number of hydrogen-bond donors (Lipinski definition) is 0. The van der Waals surface area contributed by atoms with E-state index in [9.17, 15) is 9.59 Å². The van der Waals surface area contributed by atoms with E-state index in [0.29, 0.717) is 18.8 Å². The predicted octanol–water partition coefficient (Wildman–Crippen LogP) is 4.33. The van der Waals surface area contributed by atoms with Gasteiger partial charge in [-0.2, -0.15) is 0 Å². The Morgan fingerprint density at radius 3 is 2.33 bits per heavy atom. The summed E-state index contributed by atoms with van der Waals surface area (Å²) in [7, 11) is 0. The van der Waals surface area contributed by atoms with Gasteiger partial charge in [0, 0.05) is 6.08 Å². The van der Waals surface area contributed by atoms with Crippen molar-refractivity contribution in [2.45, 2.75) is 26.7 Å².